The minimum Gasteiger partial charge on any atom is -0.354 e. The molecular weight excluding hydrogens is 376 g/mol. The van der Waals surface area contributed by atoms with Crippen LogP contribution in [0.5, 0.6) is 0 Å². The molecule has 1 amide bonds. The lowest BCUT2D eigenvalue weighted by Crippen LogP contribution is -2.34. The molecule has 28 heavy (non-hydrogen) atoms. The molecule has 0 saturated heterocycles. The molecule has 0 aliphatic heterocycles. The third-order valence-electron chi connectivity index (χ3n) is 4.97. The van der Waals surface area contributed by atoms with Crippen LogP contribution in [0.2, 0.25) is 5.02 Å². The number of amides is 1. The first-order valence-electron chi connectivity index (χ1n) is 9.22. The first-order valence-corrected chi connectivity index (χ1v) is 9.59. The Morgan fingerprint density at radius 2 is 2.04 bits per heavy atom. The van der Waals surface area contributed by atoms with Crippen molar-refractivity contribution in [3.8, 4) is 0 Å². The van der Waals surface area contributed by atoms with Gasteiger partial charge in [-0.1, -0.05) is 29.8 Å². The summed E-state index contributed by atoms with van der Waals surface area (Å²) in [6.07, 6.45) is 2.47. The molecule has 1 N–H and O–H groups in total. The van der Waals surface area contributed by atoms with Crippen LogP contribution in [0.1, 0.15) is 35.0 Å². The number of hydrogen-bond donors (Lipinski definition) is 1. The predicted molar refractivity (Wildman–Crippen MR) is 109 cm³/mol. The molecular formula is C20H25ClN6O. The highest BCUT2D eigenvalue weighted by atomic mass is 35.5. The van der Waals surface area contributed by atoms with E-state index in [9.17, 15) is 4.79 Å². The van der Waals surface area contributed by atoms with E-state index in [0.29, 0.717) is 30.2 Å². The molecule has 0 aliphatic rings. The number of aryl methyl sites for hydroxylation is 2. The lowest BCUT2D eigenvalue weighted by molar-refractivity contribution is -0.121. The number of aromatic nitrogens is 4. The summed E-state index contributed by atoms with van der Waals surface area (Å²) >= 11 is 6.33. The molecule has 0 spiro atoms. The van der Waals surface area contributed by atoms with Gasteiger partial charge in [-0.2, -0.15) is 10.1 Å². The SMILES string of the molecule is Cc1nc2ncnn2c(C)c1CCC(=O)NCC(c1ccccc1Cl)N(C)C. The first-order chi connectivity index (χ1) is 13.4. The molecule has 0 fully saturated rings. The molecule has 0 saturated carbocycles. The minimum atomic E-state index is -0.00334. The Balaban J connectivity index is 1.64. The fraction of sp³-hybridized carbons (Fsp3) is 0.400. The van der Waals surface area contributed by atoms with Crippen LogP contribution in [-0.4, -0.2) is 51.0 Å². The van der Waals surface area contributed by atoms with E-state index in [1.165, 1.54) is 6.33 Å². The van der Waals surface area contributed by atoms with Crippen molar-refractivity contribution in [1.29, 1.82) is 0 Å². The fourth-order valence-electron chi connectivity index (χ4n) is 3.37. The zero-order chi connectivity index (χ0) is 20.3. The monoisotopic (exact) mass is 400 g/mol. The number of carbonyl (C=O) groups excluding carboxylic acids is 1. The third-order valence-corrected chi connectivity index (χ3v) is 5.32. The van der Waals surface area contributed by atoms with Crippen LogP contribution < -0.4 is 5.32 Å². The third kappa shape index (κ3) is 4.31. The number of carbonyl (C=O) groups is 1. The van der Waals surface area contributed by atoms with Crippen LogP contribution in [-0.2, 0) is 11.2 Å². The van der Waals surface area contributed by atoms with E-state index in [2.05, 4.69) is 25.3 Å². The molecule has 8 heteroatoms. The van der Waals surface area contributed by atoms with Gasteiger partial charge in [0, 0.05) is 29.4 Å². The highest BCUT2D eigenvalue weighted by Gasteiger charge is 2.18. The molecule has 1 unspecified atom stereocenters. The van der Waals surface area contributed by atoms with Gasteiger partial charge in [-0.05, 0) is 51.6 Å². The second kappa shape index (κ2) is 8.67. The molecule has 1 aromatic carbocycles. The maximum absolute atomic E-state index is 12.5. The lowest BCUT2D eigenvalue weighted by atomic mass is 10.0. The summed E-state index contributed by atoms with van der Waals surface area (Å²) in [5.74, 6) is 0.577. The minimum absolute atomic E-state index is 0.00334. The molecule has 2 aromatic heterocycles. The molecule has 2 heterocycles. The summed E-state index contributed by atoms with van der Waals surface area (Å²) < 4.78 is 1.71. The van der Waals surface area contributed by atoms with Gasteiger partial charge in [0.05, 0.1) is 6.04 Å². The largest absolute Gasteiger partial charge is 0.354 e. The maximum Gasteiger partial charge on any atom is 0.252 e. The van der Waals surface area contributed by atoms with E-state index in [0.717, 1.165) is 22.5 Å². The van der Waals surface area contributed by atoms with Crippen LogP contribution in [0.25, 0.3) is 5.78 Å². The Labute approximate surface area is 169 Å². The Kier molecular flexibility index (Phi) is 6.26. The summed E-state index contributed by atoms with van der Waals surface area (Å²) in [5.41, 5.74) is 3.88. The Bertz CT molecular complexity index is 984. The zero-order valence-corrected chi connectivity index (χ0v) is 17.4. The Morgan fingerprint density at radius 1 is 1.29 bits per heavy atom. The van der Waals surface area contributed by atoms with Crippen LogP contribution in [0.15, 0.2) is 30.6 Å². The second-order valence-corrected chi connectivity index (χ2v) is 7.45. The van der Waals surface area contributed by atoms with Crippen LogP contribution in [0.4, 0.5) is 0 Å². The van der Waals surface area contributed by atoms with Crippen molar-refractivity contribution >= 4 is 23.3 Å². The van der Waals surface area contributed by atoms with Gasteiger partial charge in [0.25, 0.3) is 5.78 Å². The van der Waals surface area contributed by atoms with Crippen molar-refractivity contribution in [1.82, 2.24) is 29.8 Å². The predicted octanol–water partition coefficient (Wildman–Crippen LogP) is 2.75. The number of likely N-dealkylation sites (N-methyl/N-ethyl adjacent to an activating group) is 1. The highest BCUT2D eigenvalue weighted by molar-refractivity contribution is 6.31. The number of nitrogens with zero attached hydrogens (tertiary/aromatic N) is 5. The van der Waals surface area contributed by atoms with Crippen LogP contribution >= 0.6 is 11.6 Å². The van der Waals surface area contributed by atoms with Crippen molar-refractivity contribution in [2.24, 2.45) is 0 Å². The fourth-order valence-corrected chi connectivity index (χ4v) is 3.63. The van der Waals surface area contributed by atoms with Gasteiger partial charge in [0.1, 0.15) is 6.33 Å². The number of rotatable bonds is 7. The van der Waals surface area contributed by atoms with E-state index >= 15 is 0 Å². The molecule has 0 radical (unpaired) electrons. The van der Waals surface area contributed by atoms with E-state index in [-0.39, 0.29) is 11.9 Å². The van der Waals surface area contributed by atoms with Gasteiger partial charge in [0.15, 0.2) is 0 Å². The molecule has 148 valence electrons. The maximum atomic E-state index is 12.5. The lowest BCUT2D eigenvalue weighted by Gasteiger charge is -2.26. The molecule has 3 aromatic rings. The number of benzene rings is 1. The number of nitrogens with one attached hydrogen (secondary N) is 1. The summed E-state index contributed by atoms with van der Waals surface area (Å²) in [7, 11) is 3.96. The number of fused-ring (bicyclic) bond motifs is 1. The van der Waals surface area contributed by atoms with E-state index in [4.69, 9.17) is 11.6 Å². The van der Waals surface area contributed by atoms with Crippen LogP contribution in [0, 0.1) is 13.8 Å². The summed E-state index contributed by atoms with van der Waals surface area (Å²) in [6.45, 7) is 4.41. The number of halogens is 1. The standard InChI is InChI=1S/C20H25ClN6O/c1-13-15(14(2)27-20(25-13)23-12-24-27)9-10-19(28)22-11-18(26(3)4)16-7-5-6-8-17(16)21/h5-8,12,18H,9-11H2,1-4H3,(H,22,28). The van der Waals surface area contributed by atoms with Crippen molar-refractivity contribution in [2.75, 3.05) is 20.6 Å². The number of hydrogen-bond acceptors (Lipinski definition) is 5. The van der Waals surface area contributed by atoms with Crippen molar-refractivity contribution in [3.05, 3.63) is 58.1 Å². The Morgan fingerprint density at radius 3 is 2.75 bits per heavy atom. The van der Waals surface area contributed by atoms with Crippen molar-refractivity contribution in [3.63, 3.8) is 0 Å². The zero-order valence-electron chi connectivity index (χ0n) is 16.6. The molecule has 7 nitrogen and oxygen atoms in total. The molecule has 3 rings (SSSR count). The van der Waals surface area contributed by atoms with Gasteiger partial charge >= 0.3 is 0 Å². The smallest absolute Gasteiger partial charge is 0.252 e. The topological polar surface area (TPSA) is 75.4 Å². The normalized spacial score (nSPS) is 12.5. The van der Waals surface area contributed by atoms with Crippen LogP contribution in [0.3, 0.4) is 0 Å². The molecule has 1 atom stereocenters. The highest BCUT2D eigenvalue weighted by Crippen LogP contribution is 2.25. The summed E-state index contributed by atoms with van der Waals surface area (Å²) in [6, 6.07) is 7.73. The quantitative estimate of drug-likeness (QED) is 0.660. The van der Waals surface area contributed by atoms with Gasteiger partial charge in [-0.15, -0.1) is 0 Å². The molecule has 0 bridgehead atoms. The van der Waals surface area contributed by atoms with Gasteiger partial charge in [-0.25, -0.2) is 9.50 Å². The van der Waals surface area contributed by atoms with E-state index in [1.54, 1.807) is 4.52 Å². The molecule has 0 aliphatic carbocycles. The summed E-state index contributed by atoms with van der Waals surface area (Å²) in [4.78, 5) is 23.1. The Hall–Kier alpha value is -2.51. The first kappa shape index (κ1) is 20.2. The van der Waals surface area contributed by atoms with Crippen molar-refractivity contribution < 1.29 is 4.79 Å². The van der Waals surface area contributed by atoms with Gasteiger partial charge < -0.3 is 10.2 Å². The van der Waals surface area contributed by atoms with Gasteiger partial charge in [-0.3, -0.25) is 4.79 Å². The van der Waals surface area contributed by atoms with E-state index in [1.807, 2.05) is 52.2 Å². The summed E-state index contributed by atoms with van der Waals surface area (Å²) in [5, 5.41) is 7.93. The average molecular weight is 401 g/mol. The second-order valence-electron chi connectivity index (χ2n) is 7.04. The van der Waals surface area contributed by atoms with Gasteiger partial charge in [0.2, 0.25) is 5.91 Å². The average Bonchev–Trinajstić information content (AvgIpc) is 3.11. The van der Waals surface area contributed by atoms with Crippen molar-refractivity contribution in [2.45, 2.75) is 32.7 Å². The van der Waals surface area contributed by atoms with E-state index < -0.39 is 0 Å².